The number of nitrogens with one attached hydrogen (secondary N) is 2. The van der Waals surface area contributed by atoms with Crippen molar-refractivity contribution in [2.24, 2.45) is 0 Å². The molecule has 0 aromatic rings. The summed E-state index contributed by atoms with van der Waals surface area (Å²) in [6.07, 6.45) is 0.767. The molecule has 1 fully saturated rings. The zero-order valence-electron chi connectivity index (χ0n) is 8.72. The number of hydrogen-bond donors (Lipinski definition) is 2. The quantitative estimate of drug-likeness (QED) is 0.708. The number of carbonyl (C=O) groups is 2. The van der Waals surface area contributed by atoms with Gasteiger partial charge in [0.1, 0.15) is 6.04 Å². The molecule has 1 heterocycles. The molecule has 6 heteroatoms. The molecular weight excluding hydrogens is 216 g/mol. The van der Waals surface area contributed by atoms with Gasteiger partial charge in [-0.2, -0.15) is 0 Å². The van der Waals surface area contributed by atoms with Gasteiger partial charge in [-0.05, 0) is 0 Å². The van der Waals surface area contributed by atoms with Gasteiger partial charge < -0.3 is 10.6 Å². The van der Waals surface area contributed by atoms with Crippen molar-refractivity contribution in [1.82, 2.24) is 10.6 Å². The summed E-state index contributed by atoms with van der Waals surface area (Å²) in [6, 6.07) is -0.330. The first-order valence-electron chi connectivity index (χ1n) is 4.59. The summed E-state index contributed by atoms with van der Waals surface area (Å²) in [4.78, 5) is 22.4. The SMILES string of the molecule is C[Si](C)(C)CNC(=O)C1CSC(=O)N1. The minimum atomic E-state index is -1.24. The van der Waals surface area contributed by atoms with Crippen molar-refractivity contribution in [2.45, 2.75) is 25.7 Å². The van der Waals surface area contributed by atoms with Crippen LogP contribution in [0.15, 0.2) is 0 Å². The molecule has 0 aliphatic carbocycles. The molecular formula is C8H16N2O2SSi. The molecule has 0 aromatic heterocycles. The Bertz CT molecular complexity index is 252. The zero-order chi connectivity index (χ0) is 10.8. The number of amides is 2. The van der Waals surface area contributed by atoms with Crippen LogP contribution in [-0.4, -0.2) is 37.2 Å². The highest BCUT2D eigenvalue weighted by atomic mass is 32.2. The minimum Gasteiger partial charge on any atom is -0.357 e. The van der Waals surface area contributed by atoms with E-state index in [4.69, 9.17) is 0 Å². The van der Waals surface area contributed by atoms with Crippen molar-refractivity contribution in [2.75, 3.05) is 11.9 Å². The first-order chi connectivity index (χ1) is 6.38. The molecule has 1 unspecified atom stereocenters. The maximum Gasteiger partial charge on any atom is 0.279 e. The Morgan fingerprint density at radius 3 is 2.71 bits per heavy atom. The van der Waals surface area contributed by atoms with Gasteiger partial charge in [0.15, 0.2) is 0 Å². The monoisotopic (exact) mass is 232 g/mol. The first kappa shape index (κ1) is 11.6. The topological polar surface area (TPSA) is 58.2 Å². The van der Waals surface area contributed by atoms with Gasteiger partial charge >= 0.3 is 0 Å². The predicted octanol–water partition coefficient (Wildman–Crippen LogP) is 0.805. The van der Waals surface area contributed by atoms with Gasteiger partial charge in [0.25, 0.3) is 5.24 Å². The van der Waals surface area contributed by atoms with Crippen molar-refractivity contribution in [3.63, 3.8) is 0 Å². The third-order valence-electron chi connectivity index (χ3n) is 1.78. The Kier molecular flexibility index (Phi) is 3.60. The Morgan fingerprint density at radius 2 is 2.29 bits per heavy atom. The molecule has 2 N–H and O–H groups in total. The van der Waals surface area contributed by atoms with Gasteiger partial charge in [0.05, 0.1) is 8.07 Å². The molecule has 0 bridgehead atoms. The van der Waals surface area contributed by atoms with Gasteiger partial charge in [0, 0.05) is 11.9 Å². The summed E-state index contributed by atoms with van der Waals surface area (Å²) in [5, 5.41) is 5.40. The summed E-state index contributed by atoms with van der Waals surface area (Å²) in [6.45, 7) is 6.57. The summed E-state index contributed by atoms with van der Waals surface area (Å²) in [5.74, 6) is 0.502. The summed E-state index contributed by atoms with van der Waals surface area (Å²) in [5.41, 5.74) is 0. The third kappa shape index (κ3) is 3.71. The fourth-order valence-electron chi connectivity index (χ4n) is 1.00. The van der Waals surface area contributed by atoms with E-state index in [1.54, 1.807) is 0 Å². The molecule has 2 amide bonds. The van der Waals surface area contributed by atoms with Crippen LogP contribution in [-0.2, 0) is 4.79 Å². The maximum absolute atomic E-state index is 11.5. The lowest BCUT2D eigenvalue weighted by Gasteiger charge is -2.18. The molecule has 0 aromatic carbocycles. The van der Waals surface area contributed by atoms with E-state index < -0.39 is 8.07 Å². The van der Waals surface area contributed by atoms with E-state index >= 15 is 0 Å². The van der Waals surface area contributed by atoms with E-state index in [0.717, 1.165) is 6.17 Å². The summed E-state index contributed by atoms with van der Waals surface area (Å²) >= 11 is 1.17. The molecule has 0 radical (unpaired) electrons. The van der Waals surface area contributed by atoms with Crippen molar-refractivity contribution >= 4 is 31.0 Å². The van der Waals surface area contributed by atoms with Crippen LogP contribution >= 0.6 is 11.8 Å². The highest BCUT2D eigenvalue weighted by Crippen LogP contribution is 2.12. The normalized spacial score (nSPS) is 21.9. The van der Waals surface area contributed by atoms with E-state index in [0.29, 0.717) is 5.75 Å². The third-order valence-corrected chi connectivity index (χ3v) is 3.90. The molecule has 14 heavy (non-hydrogen) atoms. The Hall–Kier alpha value is -0.493. The Balaban J connectivity index is 2.32. The fourth-order valence-corrected chi connectivity index (χ4v) is 2.48. The van der Waals surface area contributed by atoms with E-state index in [2.05, 4.69) is 30.3 Å². The van der Waals surface area contributed by atoms with E-state index in [1.165, 1.54) is 11.8 Å². The van der Waals surface area contributed by atoms with Gasteiger partial charge in [0.2, 0.25) is 5.91 Å². The van der Waals surface area contributed by atoms with Crippen LogP contribution in [0.2, 0.25) is 19.6 Å². The standard InChI is InChI=1S/C8H16N2O2SSi/c1-14(2,3)5-9-7(11)6-4-13-8(12)10-6/h6H,4-5H2,1-3H3,(H,9,11)(H,10,12). The van der Waals surface area contributed by atoms with Crippen molar-refractivity contribution in [3.05, 3.63) is 0 Å². The number of hydrogen-bond acceptors (Lipinski definition) is 3. The molecule has 0 spiro atoms. The van der Waals surface area contributed by atoms with Crippen LogP contribution in [0.4, 0.5) is 4.79 Å². The van der Waals surface area contributed by atoms with E-state index in [1.807, 2.05) is 0 Å². The summed E-state index contributed by atoms with van der Waals surface area (Å²) < 4.78 is 0. The maximum atomic E-state index is 11.5. The highest BCUT2D eigenvalue weighted by Gasteiger charge is 2.28. The molecule has 80 valence electrons. The molecule has 1 rings (SSSR count). The number of rotatable bonds is 3. The van der Waals surface area contributed by atoms with E-state index in [-0.39, 0.29) is 17.2 Å². The molecule has 1 aliphatic rings. The van der Waals surface area contributed by atoms with Crippen LogP contribution in [0.25, 0.3) is 0 Å². The molecule has 4 nitrogen and oxygen atoms in total. The van der Waals surface area contributed by atoms with Crippen molar-refractivity contribution < 1.29 is 9.59 Å². The molecule has 1 saturated heterocycles. The second-order valence-electron chi connectivity index (χ2n) is 4.57. The minimum absolute atomic E-state index is 0.0502. The van der Waals surface area contributed by atoms with Gasteiger partial charge in [-0.3, -0.25) is 9.59 Å². The van der Waals surface area contributed by atoms with Gasteiger partial charge in [-0.1, -0.05) is 31.4 Å². The van der Waals surface area contributed by atoms with Gasteiger partial charge in [-0.15, -0.1) is 0 Å². The number of thioether (sulfide) groups is 1. The highest BCUT2D eigenvalue weighted by molar-refractivity contribution is 8.14. The van der Waals surface area contributed by atoms with Crippen LogP contribution in [0, 0.1) is 0 Å². The lowest BCUT2D eigenvalue weighted by molar-refractivity contribution is -0.121. The van der Waals surface area contributed by atoms with E-state index in [9.17, 15) is 9.59 Å². The first-order valence-corrected chi connectivity index (χ1v) is 9.29. The van der Waals surface area contributed by atoms with Crippen molar-refractivity contribution in [1.29, 1.82) is 0 Å². The number of carbonyl (C=O) groups excluding carboxylic acids is 2. The fraction of sp³-hybridized carbons (Fsp3) is 0.750. The molecule has 0 saturated carbocycles. The Morgan fingerprint density at radius 1 is 1.64 bits per heavy atom. The molecule has 1 aliphatic heterocycles. The summed E-state index contributed by atoms with van der Waals surface area (Å²) in [7, 11) is -1.24. The average Bonchev–Trinajstić information content (AvgIpc) is 2.46. The van der Waals surface area contributed by atoms with Crippen LogP contribution < -0.4 is 10.6 Å². The van der Waals surface area contributed by atoms with Gasteiger partial charge in [-0.25, -0.2) is 0 Å². The average molecular weight is 232 g/mol. The second kappa shape index (κ2) is 4.35. The second-order valence-corrected chi connectivity index (χ2v) is 11.0. The lowest BCUT2D eigenvalue weighted by Crippen LogP contribution is -2.48. The zero-order valence-corrected chi connectivity index (χ0v) is 10.5. The largest absolute Gasteiger partial charge is 0.357 e. The lowest BCUT2D eigenvalue weighted by atomic mass is 10.3. The smallest absolute Gasteiger partial charge is 0.279 e. The Labute approximate surface area is 89.2 Å². The van der Waals surface area contributed by atoms with Crippen LogP contribution in [0.5, 0.6) is 0 Å². The van der Waals surface area contributed by atoms with Crippen LogP contribution in [0.1, 0.15) is 0 Å². The predicted molar refractivity (Wildman–Crippen MR) is 61.1 cm³/mol. The van der Waals surface area contributed by atoms with Crippen LogP contribution in [0.3, 0.4) is 0 Å². The van der Waals surface area contributed by atoms with Crippen molar-refractivity contribution in [3.8, 4) is 0 Å². The molecule has 1 atom stereocenters.